The number of hydrogen-bond acceptors (Lipinski definition) is 1. The summed E-state index contributed by atoms with van der Waals surface area (Å²) in [6.07, 6.45) is 4.33. The molecule has 0 bridgehead atoms. The Morgan fingerprint density at radius 3 is 2.57 bits per heavy atom. The van der Waals surface area contributed by atoms with Gasteiger partial charge >= 0.3 is 0 Å². The summed E-state index contributed by atoms with van der Waals surface area (Å²) in [6, 6.07) is 11.1. The number of nitrogens with zero attached hydrogens (tertiary/aromatic N) is 2. The van der Waals surface area contributed by atoms with Gasteiger partial charge in [-0.3, -0.25) is 9.13 Å². The van der Waals surface area contributed by atoms with Crippen molar-refractivity contribution in [3.8, 4) is 0 Å². The lowest BCUT2D eigenvalue weighted by molar-refractivity contribution is -0.653. The van der Waals surface area contributed by atoms with E-state index in [0.29, 0.717) is 23.6 Å². The lowest BCUT2D eigenvalue weighted by Crippen LogP contribution is -2.53. The molecular formula is C19H29BN2O. The van der Waals surface area contributed by atoms with Gasteiger partial charge in [0.25, 0.3) is 0 Å². The molecule has 0 amide bonds. The Morgan fingerprint density at radius 1 is 1.22 bits per heavy atom. The Morgan fingerprint density at radius 2 is 1.96 bits per heavy atom. The van der Waals surface area contributed by atoms with Crippen LogP contribution in [0.5, 0.6) is 0 Å². The second kappa shape index (κ2) is 6.92. The fraction of sp³-hybridized carbons (Fsp3) is 0.526. The molecule has 1 fully saturated rings. The van der Waals surface area contributed by atoms with Crippen LogP contribution in [-0.4, -0.2) is 25.1 Å². The lowest BCUT2D eigenvalue weighted by Gasteiger charge is -2.43. The van der Waals surface area contributed by atoms with E-state index < -0.39 is 0 Å². The maximum Gasteiger partial charge on any atom is 0.126 e. The molecule has 0 radical (unpaired) electrons. The number of rotatable bonds is 4. The maximum atomic E-state index is 6.05. The van der Waals surface area contributed by atoms with Crippen molar-refractivity contribution in [1.82, 2.24) is 4.57 Å². The predicted molar refractivity (Wildman–Crippen MR) is 96.8 cm³/mol. The molecule has 23 heavy (non-hydrogen) atoms. The molecular weight excluding hydrogens is 283 g/mol. The van der Waals surface area contributed by atoms with Crippen LogP contribution in [0, 0.1) is 11.8 Å². The molecule has 124 valence electrons. The fourth-order valence-electron chi connectivity index (χ4n) is 4.54. The summed E-state index contributed by atoms with van der Waals surface area (Å²) in [5.41, 5.74) is 2.99. The van der Waals surface area contributed by atoms with E-state index in [4.69, 9.17) is 4.74 Å². The normalized spacial score (nSPS) is 25.0. The molecule has 1 aromatic carbocycles. The monoisotopic (exact) mass is 312 g/mol. The third-order valence-corrected chi connectivity index (χ3v) is 5.97. The molecule has 1 unspecified atom stereocenters. The Bertz CT molecular complexity index is 619. The van der Waals surface area contributed by atoms with Gasteiger partial charge in [0, 0.05) is 13.2 Å². The number of aryl methyl sites for hydroxylation is 2. The molecule has 1 aromatic heterocycles. The second-order valence-electron chi connectivity index (χ2n) is 7.71. The van der Waals surface area contributed by atoms with E-state index in [-0.39, 0.29) is 7.28 Å². The molecule has 2 aromatic rings. The van der Waals surface area contributed by atoms with E-state index in [1.54, 1.807) is 0 Å². The predicted octanol–water partition coefficient (Wildman–Crippen LogP) is 1.52. The van der Waals surface area contributed by atoms with Gasteiger partial charge < -0.3 is 4.74 Å². The maximum absolute atomic E-state index is 6.05. The Balaban J connectivity index is 1.93. The Hall–Kier alpha value is -1.55. The van der Waals surface area contributed by atoms with E-state index in [1.165, 1.54) is 11.3 Å². The molecule has 3 nitrogen and oxygen atoms in total. The van der Waals surface area contributed by atoms with Crippen LogP contribution >= 0.6 is 0 Å². The van der Waals surface area contributed by atoms with Gasteiger partial charge in [0.1, 0.15) is 12.4 Å². The van der Waals surface area contributed by atoms with Crippen molar-refractivity contribution in [3.63, 3.8) is 0 Å². The van der Waals surface area contributed by atoms with Crippen molar-refractivity contribution in [2.24, 2.45) is 25.9 Å². The third-order valence-electron chi connectivity index (χ3n) is 5.97. The SMILES string of the molecule is CC(C)[C@@H]1COC[C@H]([BH2-]c2n(C)cc[n+]2C)C1c1ccccc1. The average Bonchev–Trinajstić information content (AvgIpc) is 2.87. The molecule has 1 aliphatic rings. The highest BCUT2D eigenvalue weighted by Crippen LogP contribution is 2.42. The highest BCUT2D eigenvalue weighted by Gasteiger charge is 2.35. The van der Waals surface area contributed by atoms with Crippen LogP contribution in [0.1, 0.15) is 25.3 Å². The first-order valence-electron chi connectivity index (χ1n) is 9.02. The van der Waals surface area contributed by atoms with Crippen molar-refractivity contribution < 1.29 is 9.30 Å². The quantitative estimate of drug-likeness (QED) is 0.618. The van der Waals surface area contributed by atoms with Gasteiger partial charge in [-0.15, -0.1) is 5.82 Å². The summed E-state index contributed by atoms with van der Waals surface area (Å²) in [5, 5.41) is 0. The van der Waals surface area contributed by atoms with Crippen molar-refractivity contribution in [3.05, 3.63) is 48.3 Å². The molecule has 3 atom stereocenters. The zero-order valence-electron chi connectivity index (χ0n) is 15.1. The molecule has 1 saturated heterocycles. The van der Waals surface area contributed by atoms with Crippen molar-refractivity contribution >= 4 is 13.0 Å². The Kier molecular flexibility index (Phi) is 4.91. The van der Waals surface area contributed by atoms with E-state index >= 15 is 0 Å². The molecule has 0 spiro atoms. The summed E-state index contributed by atoms with van der Waals surface area (Å²) in [5.74, 6) is 2.54. The fourth-order valence-corrected chi connectivity index (χ4v) is 4.54. The van der Waals surface area contributed by atoms with Crippen LogP contribution in [0.2, 0.25) is 5.82 Å². The minimum Gasteiger partial charge on any atom is -0.384 e. The number of imidazole rings is 1. The van der Waals surface area contributed by atoms with Gasteiger partial charge in [-0.25, -0.2) is 0 Å². The topological polar surface area (TPSA) is 18.0 Å². The summed E-state index contributed by atoms with van der Waals surface area (Å²) >= 11 is 0. The second-order valence-corrected chi connectivity index (χ2v) is 7.71. The van der Waals surface area contributed by atoms with Gasteiger partial charge in [-0.2, -0.15) is 0 Å². The highest BCUT2D eigenvalue weighted by molar-refractivity contribution is 6.52. The number of benzene rings is 1. The van der Waals surface area contributed by atoms with Crippen LogP contribution in [0.3, 0.4) is 0 Å². The van der Waals surface area contributed by atoms with Crippen LogP contribution in [0.4, 0.5) is 0 Å². The van der Waals surface area contributed by atoms with E-state index in [0.717, 1.165) is 13.2 Å². The molecule has 4 heteroatoms. The number of aromatic nitrogens is 2. The van der Waals surface area contributed by atoms with Gasteiger partial charge in [-0.05, 0) is 23.3 Å². The van der Waals surface area contributed by atoms with Gasteiger partial charge in [0.15, 0.2) is 0 Å². The van der Waals surface area contributed by atoms with Gasteiger partial charge in [-0.1, -0.05) is 44.2 Å². The minimum absolute atomic E-state index is 0.278. The summed E-state index contributed by atoms with van der Waals surface area (Å²) in [6.45, 7) is 6.50. The summed E-state index contributed by atoms with van der Waals surface area (Å²) < 4.78 is 10.6. The molecule has 0 N–H and O–H groups in total. The van der Waals surface area contributed by atoms with E-state index in [2.05, 4.69) is 79.8 Å². The lowest BCUT2D eigenvalue weighted by atomic mass is 9.53. The minimum atomic E-state index is -0.278. The van der Waals surface area contributed by atoms with Crippen molar-refractivity contribution in [1.29, 1.82) is 0 Å². The first-order chi connectivity index (χ1) is 11.1. The van der Waals surface area contributed by atoms with Gasteiger partial charge in [0.2, 0.25) is 0 Å². The third kappa shape index (κ3) is 3.37. The Labute approximate surface area is 140 Å². The number of hydrogen-bond donors (Lipinski definition) is 0. The molecule has 1 aliphatic heterocycles. The average molecular weight is 312 g/mol. The van der Waals surface area contributed by atoms with Crippen molar-refractivity contribution in [2.75, 3.05) is 13.2 Å². The first kappa shape index (κ1) is 16.3. The highest BCUT2D eigenvalue weighted by atomic mass is 16.5. The first-order valence-corrected chi connectivity index (χ1v) is 9.02. The number of ether oxygens (including phenoxy) is 1. The largest absolute Gasteiger partial charge is 0.384 e. The van der Waals surface area contributed by atoms with Gasteiger partial charge in [0.05, 0.1) is 27.1 Å². The smallest absolute Gasteiger partial charge is 0.126 e. The standard InChI is InChI=1S/C19H29BN2O/c1-14(2)16-12-23-13-17(18(16)15-8-6-5-7-9-15)20-19-21(3)10-11-22(19)4/h5-11,14,16-18H,12-13,20H2,1-4H3/t16-,17-,18?/m0/s1. The summed E-state index contributed by atoms with van der Waals surface area (Å²) in [4.78, 5) is 0. The molecule has 0 aliphatic carbocycles. The summed E-state index contributed by atoms with van der Waals surface area (Å²) in [7, 11) is 4.05. The molecule has 0 saturated carbocycles. The van der Waals surface area contributed by atoms with Crippen LogP contribution in [0.25, 0.3) is 0 Å². The van der Waals surface area contributed by atoms with Crippen molar-refractivity contribution in [2.45, 2.75) is 25.6 Å². The molecule has 3 rings (SSSR count). The van der Waals surface area contributed by atoms with E-state index in [9.17, 15) is 0 Å². The zero-order chi connectivity index (χ0) is 16.4. The van der Waals surface area contributed by atoms with Crippen LogP contribution in [0.15, 0.2) is 42.7 Å². The molecule has 2 heterocycles. The van der Waals surface area contributed by atoms with E-state index in [1.807, 2.05) is 0 Å². The zero-order valence-corrected chi connectivity index (χ0v) is 15.1. The van der Waals surface area contributed by atoms with Crippen LogP contribution in [-0.2, 0) is 18.8 Å². The van der Waals surface area contributed by atoms with Crippen LogP contribution < -0.4 is 10.3 Å².